The number of benzene rings is 1. The van der Waals surface area contributed by atoms with Crippen LogP contribution in [0.2, 0.25) is 0 Å². The van der Waals surface area contributed by atoms with Gasteiger partial charge in [-0.3, -0.25) is 9.78 Å². The Hall–Kier alpha value is -2.36. The molecule has 0 aliphatic rings. The Labute approximate surface area is 125 Å². The average molecular weight is 284 g/mol. The molecule has 1 aromatic carbocycles. The predicted molar refractivity (Wildman–Crippen MR) is 83.5 cm³/mol. The Morgan fingerprint density at radius 1 is 1.33 bits per heavy atom. The van der Waals surface area contributed by atoms with Crippen LogP contribution in [-0.4, -0.2) is 17.0 Å². The number of amides is 1. The second-order valence-electron chi connectivity index (χ2n) is 5.01. The molecule has 0 aliphatic carbocycles. The maximum atomic E-state index is 12.3. The van der Waals surface area contributed by atoms with Crippen LogP contribution in [0.25, 0.3) is 0 Å². The van der Waals surface area contributed by atoms with Crippen molar-refractivity contribution in [1.82, 2.24) is 4.98 Å². The van der Waals surface area contributed by atoms with E-state index in [0.717, 1.165) is 11.3 Å². The summed E-state index contributed by atoms with van der Waals surface area (Å²) in [6.45, 7) is 5.94. The Morgan fingerprint density at radius 3 is 2.76 bits per heavy atom. The van der Waals surface area contributed by atoms with Gasteiger partial charge in [0.2, 0.25) is 0 Å². The highest BCUT2D eigenvalue weighted by Crippen LogP contribution is 2.21. The second kappa shape index (κ2) is 6.88. The van der Waals surface area contributed by atoms with Gasteiger partial charge in [-0.15, -0.1) is 0 Å². The summed E-state index contributed by atoms with van der Waals surface area (Å²) in [5, 5.41) is 2.82. The zero-order valence-corrected chi connectivity index (χ0v) is 12.6. The maximum Gasteiger partial charge on any atom is 0.265 e. The maximum absolute atomic E-state index is 12.3. The van der Waals surface area contributed by atoms with E-state index in [-0.39, 0.29) is 5.91 Å². The van der Waals surface area contributed by atoms with Crippen LogP contribution in [0.3, 0.4) is 0 Å². The van der Waals surface area contributed by atoms with Crippen LogP contribution in [-0.2, 0) is 4.79 Å². The number of carbonyl (C=O) groups excluding carboxylic acids is 1. The lowest BCUT2D eigenvalue weighted by Gasteiger charge is -2.18. The standard InChI is InChI=1S/C17H20N2O2/c1-4-15(17(20)19-14-6-5-9-18-11-14)21-16-8-7-12(2)10-13(16)3/h5-11,15H,4H2,1-3H3,(H,19,20). The highest BCUT2D eigenvalue weighted by Gasteiger charge is 2.19. The number of hydrogen-bond donors (Lipinski definition) is 1. The third-order valence-electron chi connectivity index (χ3n) is 3.19. The van der Waals surface area contributed by atoms with Gasteiger partial charge in [-0.25, -0.2) is 0 Å². The van der Waals surface area contributed by atoms with Crippen molar-refractivity contribution in [2.75, 3.05) is 5.32 Å². The molecule has 0 spiro atoms. The largest absolute Gasteiger partial charge is 0.480 e. The molecule has 2 rings (SSSR count). The van der Waals surface area contributed by atoms with Gasteiger partial charge in [-0.2, -0.15) is 0 Å². The molecule has 1 atom stereocenters. The number of rotatable bonds is 5. The molecule has 21 heavy (non-hydrogen) atoms. The Balaban J connectivity index is 2.07. The lowest BCUT2D eigenvalue weighted by Crippen LogP contribution is -2.32. The van der Waals surface area contributed by atoms with Gasteiger partial charge in [0, 0.05) is 6.20 Å². The molecule has 1 heterocycles. The van der Waals surface area contributed by atoms with E-state index in [1.165, 1.54) is 5.56 Å². The minimum Gasteiger partial charge on any atom is -0.480 e. The molecule has 1 unspecified atom stereocenters. The van der Waals surface area contributed by atoms with Gasteiger partial charge in [0.1, 0.15) is 5.75 Å². The van der Waals surface area contributed by atoms with Gasteiger partial charge in [0.05, 0.1) is 11.9 Å². The van der Waals surface area contributed by atoms with Crippen LogP contribution >= 0.6 is 0 Å². The van der Waals surface area contributed by atoms with E-state index in [1.807, 2.05) is 39.0 Å². The summed E-state index contributed by atoms with van der Waals surface area (Å²) in [6.07, 6.45) is 3.35. The minimum absolute atomic E-state index is 0.162. The average Bonchev–Trinajstić information content (AvgIpc) is 2.47. The molecule has 0 saturated heterocycles. The van der Waals surface area contributed by atoms with Crippen molar-refractivity contribution in [2.45, 2.75) is 33.3 Å². The van der Waals surface area contributed by atoms with E-state index < -0.39 is 6.10 Å². The summed E-state index contributed by atoms with van der Waals surface area (Å²) in [5.41, 5.74) is 2.88. The van der Waals surface area contributed by atoms with E-state index in [2.05, 4.69) is 10.3 Å². The third kappa shape index (κ3) is 4.05. The number of aromatic nitrogens is 1. The molecule has 0 aliphatic heterocycles. The van der Waals surface area contributed by atoms with E-state index in [1.54, 1.807) is 24.5 Å². The molecule has 0 saturated carbocycles. The van der Waals surface area contributed by atoms with Crippen LogP contribution in [0.15, 0.2) is 42.7 Å². The first-order valence-electron chi connectivity index (χ1n) is 7.05. The molecule has 4 heteroatoms. The fourth-order valence-corrected chi connectivity index (χ4v) is 2.07. The summed E-state index contributed by atoms with van der Waals surface area (Å²) in [6, 6.07) is 9.51. The Morgan fingerprint density at radius 2 is 2.14 bits per heavy atom. The highest BCUT2D eigenvalue weighted by atomic mass is 16.5. The molecule has 4 nitrogen and oxygen atoms in total. The van der Waals surface area contributed by atoms with Crippen LogP contribution < -0.4 is 10.1 Å². The highest BCUT2D eigenvalue weighted by molar-refractivity contribution is 5.94. The molecular weight excluding hydrogens is 264 g/mol. The fourth-order valence-electron chi connectivity index (χ4n) is 2.07. The van der Waals surface area contributed by atoms with Crippen molar-refractivity contribution in [3.05, 3.63) is 53.9 Å². The van der Waals surface area contributed by atoms with E-state index in [4.69, 9.17) is 4.74 Å². The first-order chi connectivity index (χ1) is 10.1. The van der Waals surface area contributed by atoms with Gasteiger partial charge in [-0.05, 0) is 44.0 Å². The van der Waals surface area contributed by atoms with Gasteiger partial charge in [0.25, 0.3) is 5.91 Å². The molecule has 1 amide bonds. The summed E-state index contributed by atoms with van der Waals surface area (Å²) in [4.78, 5) is 16.2. The van der Waals surface area contributed by atoms with Crippen LogP contribution in [0.1, 0.15) is 24.5 Å². The van der Waals surface area contributed by atoms with Gasteiger partial charge in [0.15, 0.2) is 6.10 Å². The summed E-state index contributed by atoms with van der Waals surface area (Å²) in [7, 11) is 0. The van der Waals surface area contributed by atoms with E-state index in [9.17, 15) is 4.79 Å². The van der Waals surface area contributed by atoms with Crippen molar-refractivity contribution in [3.8, 4) is 5.75 Å². The number of anilines is 1. The topological polar surface area (TPSA) is 51.2 Å². The molecular formula is C17H20N2O2. The van der Waals surface area contributed by atoms with Crippen LogP contribution in [0.5, 0.6) is 5.75 Å². The Bertz CT molecular complexity index is 611. The first-order valence-corrected chi connectivity index (χ1v) is 7.05. The monoisotopic (exact) mass is 284 g/mol. The molecule has 2 aromatic rings. The number of hydrogen-bond acceptors (Lipinski definition) is 3. The van der Waals surface area contributed by atoms with Gasteiger partial charge < -0.3 is 10.1 Å². The molecule has 0 fully saturated rings. The number of nitrogens with one attached hydrogen (secondary N) is 1. The van der Waals surface area contributed by atoms with Crippen molar-refractivity contribution in [2.24, 2.45) is 0 Å². The molecule has 0 bridgehead atoms. The van der Waals surface area contributed by atoms with Crippen LogP contribution in [0, 0.1) is 13.8 Å². The van der Waals surface area contributed by atoms with Gasteiger partial charge in [-0.1, -0.05) is 24.6 Å². The number of pyridine rings is 1. The summed E-state index contributed by atoms with van der Waals surface area (Å²) < 4.78 is 5.85. The molecule has 1 aromatic heterocycles. The molecule has 1 N–H and O–H groups in total. The lowest BCUT2D eigenvalue weighted by atomic mass is 10.1. The zero-order valence-electron chi connectivity index (χ0n) is 12.6. The van der Waals surface area contributed by atoms with E-state index in [0.29, 0.717) is 12.1 Å². The second-order valence-corrected chi connectivity index (χ2v) is 5.01. The van der Waals surface area contributed by atoms with Gasteiger partial charge >= 0.3 is 0 Å². The predicted octanol–water partition coefficient (Wildman–Crippen LogP) is 3.49. The van der Waals surface area contributed by atoms with Crippen molar-refractivity contribution in [1.29, 1.82) is 0 Å². The van der Waals surface area contributed by atoms with Crippen molar-refractivity contribution >= 4 is 11.6 Å². The first kappa shape index (κ1) is 15.0. The van der Waals surface area contributed by atoms with Crippen molar-refractivity contribution in [3.63, 3.8) is 0 Å². The smallest absolute Gasteiger partial charge is 0.265 e. The molecule has 0 radical (unpaired) electrons. The Kier molecular flexibility index (Phi) is 4.93. The third-order valence-corrected chi connectivity index (χ3v) is 3.19. The quantitative estimate of drug-likeness (QED) is 0.914. The van der Waals surface area contributed by atoms with Crippen LogP contribution in [0.4, 0.5) is 5.69 Å². The minimum atomic E-state index is -0.522. The summed E-state index contributed by atoms with van der Waals surface area (Å²) >= 11 is 0. The molecule has 110 valence electrons. The number of ether oxygens (including phenoxy) is 1. The number of nitrogens with zero attached hydrogens (tertiary/aromatic N) is 1. The van der Waals surface area contributed by atoms with E-state index >= 15 is 0 Å². The SMILES string of the molecule is CCC(Oc1ccc(C)cc1C)C(=O)Nc1cccnc1. The summed E-state index contributed by atoms with van der Waals surface area (Å²) in [5.74, 6) is 0.583. The van der Waals surface area contributed by atoms with Crippen molar-refractivity contribution < 1.29 is 9.53 Å². The normalized spacial score (nSPS) is 11.8. The number of carbonyl (C=O) groups is 1. The zero-order chi connectivity index (χ0) is 15.2. The number of aryl methyl sites for hydroxylation is 2. The fraction of sp³-hybridized carbons (Fsp3) is 0.294. The lowest BCUT2D eigenvalue weighted by molar-refractivity contribution is -0.122.